The van der Waals surface area contributed by atoms with Gasteiger partial charge in [-0.05, 0) is 12.1 Å². The Labute approximate surface area is 88.8 Å². The van der Waals surface area contributed by atoms with Crippen molar-refractivity contribution < 1.29 is 18.0 Å². The SMILES string of the molecule is NC(N)=NC(=O)c1ccccc1C(F)(F)F. The summed E-state index contributed by atoms with van der Waals surface area (Å²) >= 11 is 0. The van der Waals surface area contributed by atoms with Crippen molar-refractivity contribution in [1.29, 1.82) is 0 Å². The number of halogens is 3. The van der Waals surface area contributed by atoms with E-state index in [1.807, 2.05) is 0 Å². The predicted molar refractivity (Wildman–Crippen MR) is 51.6 cm³/mol. The second kappa shape index (κ2) is 4.21. The fourth-order valence-corrected chi connectivity index (χ4v) is 1.09. The first-order valence-corrected chi connectivity index (χ1v) is 4.12. The molecule has 0 radical (unpaired) electrons. The standard InChI is InChI=1S/C9H8F3N3O/c10-9(11,12)6-4-2-1-3-5(6)7(16)15-8(13)14/h1-4H,(H4,13,14,15,16). The first-order valence-electron chi connectivity index (χ1n) is 4.12. The van der Waals surface area contributed by atoms with Crippen molar-refractivity contribution in [3.8, 4) is 0 Å². The molecule has 0 atom stereocenters. The minimum atomic E-state index is -4.62. The highest BCUT2D eigenvalue weighted by Crippen LogP contribution is 2.32. The summed E-state index contributed by atoms with van der Waals surface area (Å²) in [6, 6.07) is 4.27. The zero-order valence-corrected chi connectivity index (χ0v) is 7.95. The van der Waals surface area contributed by atoms with E-state index in [1.165, 1.54) is 12.1 Å². The second-order valence-corrected chi connectivity index (χ2v) is 2.89. The van der Waals surface area contributed by atoms with Gasteiger partial charge in [0.05, 0.1) is 11.1 Å². The molecule has 7 heteroatoms. The lowest BCUT2D eigenvalue weighted by Crippen LogP contribution is -2.24. The van der Waals surface area contributed by atoms with Gasteiger partial charge < -0.3 is 11.5 Å². The molecule has 0 heterocycles. The summed E-state index contributed by atoms with van der Waals surface area (Å²) in [6.07, 6.45) is -4.62. The number of guanidine groups is 1. The highest BCUT2D eigenvalue weighted by atomic mass is 19.4. The monoisotopic (exact) mass is 231 g/mol. The van der Waals surface area contributed by atoms with E-state index < -0.39 is 29.2 Å². The lowest BCUT2D eigenvalue weighted by molar-refractivity contribution is -0.137. The fraction of sp³-hybridized carbons (Fsp3) is 0.111. The van der Waals surface area contributed by atoms with Gasteiger partial charge in [-0.15, -0.1) is 0 Å². The summed E-state index contributed by atoms with van der Waals surface area (Å²) in [6.45, 7) is 0. The van der Waals surface area contributed by atoms with Crippen molar-refractivity contribution in [2.75, 3.05) is 0 Å². The van der Waals surface area contributed by atoms with E-state index in [9.17, 15) is 18.0 Å². The largest absolute Gasteiger partial charge is 0.417 e. The van der Waals surface area contributed by atoms with Crippen LogP contribution in [0.3, 0.4) is 0 Å². The van der Waals surface area contributed by atoms with Crippen LogP contribution in [0.5, 0.6) is 0 Å². The van der Waals surface area contributed by atoms with E-state index in [1.54, 1.807) is 0 Å². The highest BCUT2D eigenvalue weighted by Gasteiger charge is 2.34. The number of nitrogens with two attached hydrogens (primary N) is 2. The van der Waals surface area contributed by atoms with Gasteiger partial charge in [-0.3, -0.25) is 4.79 Å². The molecule has 86 valence electrons. The van der Waals surface area contributed by atoms with Crippen LogP contribution in [-0.2, 0) is 6.18 Å². The van der Waals surface area contributed by atoms with Gasteiger partial charge in [-0.2, -0.15) is 18.2 Å². The van der Waals surface area contributed by atoms with Crippen molar-refractivity contribution in [2.24, 2.45) is 16.5 Å². The number of nitrogens with zero attached hydrogens (tertiary/aromatic N) is 1. The maximum Gasteiger partial charge on any atom is 0.417 e. The average molecular weight is 231 g/mol. The Morgan fingerprint density at radius 1 is 1.19 bits per heavy atom. The highest BCUT2D eigenvalue weighted by molar-refractivity contribution is 6.02. The Balaban J connectivity index is 3.25. The maximum absolute atomic E-state index is 12.5. The second-order valence-electron chi connectivity index (χ2n) is 2.89. The number of benzene rings is 1. The summed E-state index contributed by atoms with van der Waals surface area (Å²) in [5.74, 6) is -1.70. The van der Waals surface area contributed by atoms with E-state index >= 15 is 0 Å². The van der Waals surface area contributed by atoms with E-state index in [-0.39, 0.29) is 0 Å². The first-order chi connectivity index (χ1) is 7.32. The molecule has 0 unspecified atom stereocenters. The van der Waals surface area contributed by atoms with Crippen molar-refractivity contribution in [3.05, 3.63) is 35.4 Å². The van der Waals surface area contributed by atoms with Crippen LogP contribution in [0.4, 0.5) is 13.2 Å². The zero-order chi connectivity index (χ0) is 12.3. The maximum atomic E-state index is 12.5. The summed E-state index contributed by atoms with van der Waals surface area (Å²) in [5.41, 5.74) is 8.19. The van der Waals surface area contributed by atoms with Gasteiger partial charge in [-0.1, -0.05) is 12.1 Å². The van der Waals surface area contributed by atoms with Crippen LogP contribution in [0.2, 0.25) is 0 Å². The van der Waals surface area contributed by atoms with Crippen molar-refractivity contribution in [3.63, 3.8) is 0 Å². The molecule has 1 aromatic carbocycles. The molecule has 0 aliphatic carbocycles. The molecule has 0 saturated carbocycles. The average Bonchev–Trinajstić information content (AvgIpc) is 2.15. The normalized spacial score (nSPS) is 10.9. The fourth-order valence-electron chi connectivity index (χ4n) is 1.09. The molecule has 0 fully saturated rings. The van der Waals surface area contributed by atoms with Gasteiger partial charge in [0.25, 0.3) is 5.91 Å². The molecular formula is C9H8F3N3O. The van der Waals surface area contributed by atoms with Crippen molar-refractivity contribution >= 4 is 11.9 Å². The summed E-state index contributed by atoms with van der Waals surface area (Å²) in [7, 11) is 0. The van der Waals surface area contributed by atoms with Crippen LogP contribution in [0.25, 0.3) is 0 Å². The molecule has 0 spiro atoms. The van der Waals surface area contributed by atoms with Crippen LogP contribution >= 0.6 is 0 Å². The van der Waals surface area contributed by atoms with Crippen molar-refractivity contribution in [2.45, 2.75) is 6.18 Å². The van der Waals surface area contributed by atoms with Crippen molar-refractivity contribution in [1.82, 2.24) is 0 Å². The molecular weight excluding hydrogens is 223 g/mol. The van der Waals surface area contributed by atoms with Gasteiger partial charge in [0.1, 0.15) is 0 Å². The number of aliphatic imine (C=N–C) groups is 1. The lowest BCUT2D eigenvalue weighted by Gasteiger charge is -2.09. The minimum Gasteiger partial charge on any atom is -0.370 e. The van der Waals surface area contributed by atoms with Gasteiger partial charge in [0.2, 0.25) is 0 Å². The van der Waals surface area contributed by atoms with Crippen LogP contribution < -0.4 is 11.5 Å². The van der Waals surface area contributed by atoms with Crippen LogP contribution in [-0.4, -0.2) is 11.9 Å². The summed E-state index contributed by atoms with van der Waals surface area (Å²) in [5, 5.41) is 0. The van der Waals surface area contributed by atoms with Gasteiger partial charge >= 0.3 is 6.18 Å². The first kappa shape index (κ1) is 12.0. The van der Waals surface area contributed by atoms with Gasteiger partial charge in [-0.25, -0.2) is 0 Å². The Morgan fingerprint density at radius 2 is 1.75 bits per heavy atom. The summed E-state index contributed by atoms with van der Waals surface area (Å²) < 4.78 is 37.4. The molecule has 0 aliphatic rings. The molecule has 1 rings (SSSR count). The lowest BCUT2D eigenvalue weighted by atomic mass is 10.1. The predicted octanol–water partition coefficient (Wildman–Crippen LogP) is 1.12. The third-order valence-corrected chi connectivity index (χ3v) is 1.69. The number of amides is 1. The van der Waals surface area contributed by atoms with E-state index in [2.05, 4.69) is 4.99 Å². The topological polar surface area (TPSA) is 81.5 Å². The number of hydrogen-bond donors (Lipinski definition) is 2. The van der Waals surface area contributed by atoms with Crippen LogP contribution in [0.1, 0.15) is 15.9 Å². The number of rotatable bonds is 1. The Hall–Kier alpha value is -2.05. The molecule has 0 aliphatic heterocycles. The number of carbonyl (C=O) groups is 1. The van der Waals surface area contributed by atoms with E-state index in [0.29, 0.717) is 0 Å². The third-order valence-electron chi connectivity index (χ3n) is 1.69. The van der Waals surface area contributed by atoms with Gasteiger partial charge in [0.15, 0.2) is 5.96 Å². The molecule has 4 N–H and O–H groups in total. The Kier molecular flexibility index (Phi) is 3.17. The third kappa shape index (κ3) is 2.72. The van der Waals surface area contributed by atoms with E-state index in [0.717, 1.165) is 12.1 Å². The Morgan fingerprint density at radius 3 is 2.25 bits per heavy atom. The minimum absolute atomic E-state index is 0.580. The molecule has 0 saturated heterocycles. The van der Waals surface area contributed by atoms with Crippen LogP contribution in [0.15, 0.2) is 29.3 Å². The van der Waals surface area contributed by atoms with E-state index in [4.69, 9.17) is 11.5 Å². The molecule has 0 bridgehead atoms. The van der Waals surface area contributed by atoms with Gasteiger partial charge in [0, 0.05) is 0 Å². The molecule has 1 amide bonds. The summed E-state index contributed by atoms with van der Waals surface area (Å²) in [4.78, 5) is 14.3. The number of alkyl halides is 3. The smallest absolute Gasteiger partial charge is 0.370 e. The number of carbonyl (C=O) groups excluding carboxylic acids is 1. The van der Waals surface area contributed by atoms with Crippen LogP contribution in [0, 0.1) is 0 Å². The number of hydrogen-bond acceptors (Lipinski definition) is 1. The zero-order valence-electron chi connectivity index (χ0n) is 7.95. The quantitative estimate of drug-likeness (QED) is 0.561. The molecule has 4 nitrogen and oxygen atoms in total. The molecule has 1 aromatic rings. The molecule has 0 aromatic heterocycles. The Bertz CT molecular complexity index is 436. The molecule has 16 heavy (non-hydrogen) atoms.